The number of carbonyl (C=O) groups excluding carboxylic acids is 1. The van der Waals surface area contributed by atoms with Crippen molar-refractivity contribution in [3.8, 4) is 0 Å². The van der Waals surface area contributed by atoms with E-state index in [9.17, 15) is 4.79 Å². The summed E-state index contributed by atoms with van der Waals surface area (Å²) < 4.78 is 5.04. The van der Waals surface area contributed by atoms with Gasteiger partial charge in [0.1, 0.15) is 11.5 Å². The van der Waals surface area contributed by atoms with Crippen LogP contribution in [0, 0.1) is 13.8 Å². The summed E-state index contributed by atoms with van der Waals surface area (Å²) in [6.45, 7) is 8.91. The third-order valence-electron chi connectivity index (χ3n) is 3.01. The van der Waals surface area contributed by atoms with Gasteiger partial charge in [0.2, 0.25) is 0 Å². The van der Waals surface area contributed by atoms with E-state index in [-0.39, 0.29) is 12.5 Å². The minimum absolute atomic E-state index is 0.181. The molecular weight excluding hydrogens is 286 g/mol. The molecule has 0 unspecified atom stereocenters. The number of ether oxygens (including phenoxy) is 1. The molecule has 1 aromatic heterocycles. The molecule has 0 aromatic carbocycles. The van der Waals surface area contributed by atoms with Gasteiger partial charge in [0.15, 0.2) is 0 Å². The SMILES string of the molecule is CCCN(CC(=O)OCC)c1cc(C)nc(C)c1C(N)=S. The number of hydrogen-bond acceptors (Lipinski definition) is 5. The van der Waals surface area contributed by atoms with E-state index < -0.39 is 0 Å². The summed E-state index contributed by atoms with van der Waals surface area (Å²) in [5.74, 6) is -0.257. The summed E-state index contributed by atoms with van der Waals surface area (Å²) >= 11 is 5.14. The van der Waals surface area contributed by atoms with Crippen LogP contribution in [-0.2, 0) is 9.53 Å². The van der Waals surface area contributed by atoms with Crippen molar-refractivity contribution in [3.63, 3.8) is 0 Å². The lowest BCUT2D eigenvalue weighted by Crippen LogP contribution is -2.34. The van der Waals surface area contributed by atoms with Crippen molar-refractivity contribution in [1.29, 1.82) is 0 Å². The molecule has 116 valence electrons. The molecule has 0 spiro atoms. The molecule has 0 atom stereocenters. The summed E-state index contributed by atoms with van der Waals surface area (Å²) in [6, 6.07) is 1.91. The molecule has 0 aliphatic rings. The maximum absolute atomic E-state index is 11.8. The summed E-state index contributed by atoms with van der Waals surface area (Å²) in [7, 11) is 0. The number of pyridine rings is 1. The quantitative estimate of drug-likeness (QED) is 0.614. The zero-order valence-electron chi connectivity index (χ0n) is 13.1. The first-order valence-electron chi connectivity index (χ1n) is 7.09. The van der Waals surface area contributed by atoms with Gasteiger partial charge < -0.3 is 15.4 Å². The van der Waals surface area contributed by atoms with Crippen molar-refractivity contribution in [2.45, 2.75) is 34.1 Å². The van der Waals surface area contributed by atoms with Crippen LogP contribution in [0.1, 0.15) is 37.2 Å². The van der Waals surface area contributed by atoms with Crippen molar-refractivity contribution in [3.05, 3.63) is 23.0 Å². The first-order chi connectivity index (χ1) is 9.90. The molecule has 1 rings (SSSR count). The van der Waals surface area contributed by atoms with E-state index in [4.69, 9.17) is 22.7 Å². The molecule has 5 nitrogen and oxygen atoms in total. The van der Waals surface area contributed by atoms with Crippen LogP contribution in [0.25, 0.3) is 0 Å². The van der Waals surface area contributed by atoms with Crippen LogP contribution in [-0.4, -0.2) is 35.6 Å². The minimum atomic E-state index is -0.257. The fraction of sp³-hybridized carbons (Fsp3) is 0.533. The largest absolute Gasteiger partial charge is 0.465 e. The summed E-state index contributed by atoms with van der Waals surface area (Å²) in [4.78, 5) is 18.5. The third kappa shape index (κ3) is 4.67. The number of aryl methyl sites for hydroxylation is 2. The molecule has 0 aliphatic carbocycles. The maximum atomic E-state index is 11.8. The lowest BCUT2D eigenvalue weighted by atomic mass is 10.1. The number of nitrogens with two attached hydrogens (primary N) is 1. The van der Waals surface area contributed by atoms with Gasteiger partial charge in [0, 0.05) is 17.9 Å². The van der Waals surface area contributed by atoms with E-state index in [1.807, 2.05) is 24.8 Å². The van der Waals surface area contributed by atoms with E-state index in [1.165, 1.54) is 0 Å². The van der Waals surface area contributed by atoms with Gasteiger partial charge in [0.25, 0.3) is 0 Å². The molecule has 1 aromatic rings. The van der Waals surface area contributed by atoms with Gasteiger partial charge in [-0.1, -0.05) is 19.1 Å². The average Bonchev–Trinajstić information content (AvgIpc) is 2.36. The molecule has 0 saturated carbocycles. The Bertz CT molecular complexity index is 532. The number of nitrogens with zero attached hydrogens (tertiary/aromatic N) is 2. The topological polar surface area (TPSA) is 68.5 Å². The van der Waals surface area contributed by atoms with Crippen LogP contribution in [0.15, 0.2) is 6.07 Å². The van der Waals surface area contributed by atoms with Gasteiger partial charge in [-0.05, 0) is 33.3 Å². The zero-order valence-corrected chi connectivity index (χ0v) is 13.9. The highest BCUT2D eigenvalue weighted by atomic mass is 32.1. The van der Waals surface area contributed by atoms with Crippen molar-refractivity contribution < 1.29 is 9.53 Å². The monoisotopic (exact) mass is 309 g/mol. The second kappa shape index (κ2) is 7.93. The highest BCUT2D eigenvalue weighted by Gasteiger charge is 2.19. The molecule has 0 saturated heterocycles. The normalized spacial score (nSPS) is 10.3. The number of carbonyl (C=O) groups is 1. The fourth-order valence-corrected chi connectivity index (χ4v) is 2.53. The van der Waals surface area contributed by atoms with Gasteiger partial charge in [-0.3, -0.25) is 9.78 Å². The van der Waals surface area contributed by atoms with E-state index in [2.05, 4.69) is 11.9 Å². The van der Waals surface area contributed by atoms with Crippen LogP contribution >= 0.6 is 12.2 Å². The number of hydrogen-bond donors (Lipinski definition) is 1. The first-order valence-corrected chi connectivity index (χ1v) is 7.50. The molecule has 0 aliphatic heterocycles. The maximum Gasteiger partial charge on any atom is 0.325 e. The van der Waals surface area contributed by atoms with Crippen LogP contribution in [0.4, 0.5) is 5.69 Å². The van der Waals surface area contributed by atoms with Crippen LogP contribution in [0.2, 0.25) is 0 Å². The lowest BCUT2D eigenvalue weighted by molar-refractivity contribution is -0.141. The predicted molar refractivity (Wildman–Crippen MR) is 88.7 cm³/mol. The van der Waals surface area contributed by atoms with Crippen LogP contribution in [0.5, 0.6) is 0 Å². The molecule has 1 heterocycles. The van der Waals surface area contributed by atoms with E-state index in [0.717, 1.165) is 35.6 Å². The second-order valence-corrected chi connectivity index (χ2v) is 5.27. The zero-order chi connectivity index (χ0) is 16.0. The fourth-order valence-electron chi connectivity index (χ4n) is 2.28. The molecule has 2 N–H and O–H groups in total. The summed E-state index contributed by atoms with van der Waals surface area (Å²) in [5, 5.41) is 0. The molecular formula is C15H23N3O2S. The molecule has 0 radical (unpaired) electrons. The van der Waals surface area contributed by atoms with Crippen LogP contribution in [0.3, 0.4) is 0 Å². The smallest absolute Gasteiger partial charge is 0.325 e. The molecule has 0 bridgehead atoms. The summed E-state index contributed by atoms with van der Waals surface area (Å²) in [6.07, 6.45) is 0.899. The molecule has 0 fully saturated rings. The minimum Gasteiger partial charge on any atom is -0.465 e. The van der Waals surface area contributed by atoms with Gasteiger partial charge in [0.05, 0.1) is 17.9 Å². The van der Waals surface area contributed by atoms with Crippen LogP contribution < -0.4 is 10.6 Å². The number of thiocarbonyl (C=S) groups is 1. The highest BCUT2D eigenvalue weighted by Crippen LogP contribution is 2.24. The highest BCUT2D eigenvalue weighted by molar-refractivity contribution is 7.80. The van der Waals surface area contributed by atoms with Crippen molar-refractivity contribution >= 4 is 28.9 Å². The van der Waals surface area contributed by atoms with Crippen molar-refractivity contribution in [2.24, 2.45) is 5.73 Å². The van der Waals surface area contributed by atoms with Crippen molar-refractivity contribution in [1.82, 2.24) is 4.98 Å². The summed E-state index contributed by atoms with van der Waals surface area (Å²) in [5.41, 5.74) is 9.06. The van der Waals surface area contributed by atoms with Crippen molar-refractivity contribution in [2.75, 3.05) is 24.6 Å². The van der Waals surface area contributed by atoms with E-state index in [0.29, 0.717) is 11.6 Å². The van der Waals surface area contributed by atoms with Gasteiger partial charge in [-0.15, -0.1) is 0 Å². The van der Waals surface area contributed by atoms with Gasteiger partial charge >= 0.3 is 5.97 Å². The Morgan fingerprint density at radius 3 is 2.62 bits per heavy atom. The number of aromatic nitrogens is 1. The molecule has 0 amide bonds. The second-order valence-electron chi connectivity index (χ2n) is 4.83. The van der Waals surface area contributed by atoms with Gasteiger partial charge in [-0.25, -0.2) is 0 Å². The molecule has 6 heteroatoms. The number of rotatable bonds is 7. The predicted octanol–water partition coefficient (Wildman–Crippen LogP) is 2.11. The van der Waals surface area contributed by atoms with Gasteiger partial charge in [-0.2, -0.15) is 0 Å². The first kappa shape index (κ1) is 17.4. The van der Waals surface area contributed by atoms with E-state index >= 15 is 0 Å². The third-order valence-corrected chi connectivity index (χ3v) is 3.22. The Morgan fingerprint density at radius 2 is 2.10 bits per heavy atom. The average molecular weight is 309 g/mol. The Morgan fingerprint density at radius 1 is 1.43 bits per heavy atom. The lowest BCUT2D eigenvalue weighted by Gasteiger charge is -2.26. The number of anilines is 1. The van der Waals surface area contributed by atoms with E-state index in [1.54, 1.807) is 6.92 Å². The Hall–Kier alpha value is -1.69. The standard InChI is InChI=1S/C15H23N3O2S/c1-5-7-18(9-13(19)20-6-2)12-8-10(3)17-11(4)14(12)15(16)21/h8H,5-7,9H2,1-4H3,(H2,16,21). The Balaban J connectivity index is 3.23. The Kier molecular flexibility index (Phi) is 6.55. The number of esters is 1. The molecule has 21 heavy (non-hydrogen) atoms. The Labute approximate surface area is 131 Å².